The van der Waals surface area contributed by atoms with Gasteiger partial charge in [0.15, 0.2) is 0 Å². The number of ketones is 1. The predicted molar refractivity (Wildman–Crippen MR) is 135 cm³/mol. The number of rotatable bonds is 6. The molecule has 182 valence electrons. The molecule has 0 aliphatic carbocycles. The number of halogens is 1. The van der Waals surface area contributed by atoms with Gasteiger partial charge in [-0.25, -0.2) is 4.39 Å². The van der Waals surface area contributed by atoms with Crippen LogP contribution >= 0.6 is 0 Å². The number of H-pyrrole nitrogens is 1. The van der Waals surface area contributed by atoms with Gasteiger partial charge < -0.3 is 19.7 Å². The van der Waals surface area contributed by atoms with Gasteiger partial charge in [-0.2, -0.15) is 0 Å². The van der Waals surface area contributed by atoms with Crippen LogP contribution in [0.25, 0.3) is 16.7 Å². The first-order chi connectivity index (χ1) is 17.4. The van der Waals surface area contributed by atoms with Crippen LogP contribution in [0.4, 0.5) is 4.39 Å². The van der Waals surface area contributed by atoms with Crippen LogP contribution in [0.2, 0.25) is 0 Å². The summed E-state index contributed by atoms with van der Waals surface area (Å²) in [4.78, 5) is 31.2. The number of likely N-dealkylation sites (tertiary alicyclic amines) is 1. The number of carbonyl (C=O) groups is 2. The van der Waals surface area contributed by atoms with Crippen molar-refractivity contribution in [2.45, 2.75) is 19.4 Å². The van der Waals surface area contributed by atoms with Crippen LogP contribution in [0.3, 0.4) is 0 Å². The molecule has 5 rings (SSSR count). The van der Waals surface area contributed by atoms with E-state index in [-0.39, 0.29) is 23.4 Å². The van der Waals surface area contributed by atoms with Crippen LogP contribution in [-0.2, 0) is 16.0 Å². The highest BCUT2D eigenvalue weighted by atomic mass is 19.1. The third-order valence-electron chi connectivity index (χ3n) is 6.73. The van der Waals surface area contributed by atoms with Crippen molar-refractivity contribution >= 4 is 28.4 Å². The quantitative estimate of drug-likeness (QED) is 0.221. The number of aliphatic hydroxyl groups excluding tert-OH is 1. The van der Waals surface area contributed by atoms with E-state index in [1.807, 2.05) is 31.2 Å². The zero-order valence-electron chi connectivity index (χ0n) is 19.9. The number of benzene rings is 3. The highest BCUT2D eigenvalue weighted by Gasteiger charge is 2.46. The topological polar surface area (TPSA) is 82.6 Å². The molecule has 3 aromatic carbocycles. The molecule has 1 aliphatic heterocycles. The van der Waals surface area contributed by atoms with Gasteiger partial charge in [0.05, 0.1) is 18.7 Å². The van der Waals surface area contributed by atoms with E-state index in [9.17, 15) is 14.7 Å². The second-order valence-electron chi connectivity index (χ2n) is 8.77. The van der Waals surface area contributed by atoms with E-state index in [4.69, 9.17) is 4.74 Å². The molecule has 1 amide bonds. The van der Waals surface area contributed by atoms with Crippen LogP contribution in [0.5, 0.6) is 5.75 Å². The van der Waals surface area contributed by atoms with Crippen LogP contribution in [0.1, 0.15) is 28.4 Å². The summed E-state index contributed by atoms with van der Waals surface area (Å²) < 4.78 is 20.2. The number of aromatic amines is 1. The number of aryl methyl sites for hydroxylation is 1. The fraction of sp³-hybridized carbons (Fsp3) is 0.172. The lowest BCUT2D eigenvalue weighted by atomic mass is 9.94. The molecule has 0 radical (unpaired) electrons. The summed E-state index contributed by atoms with van der Waals surface area (Å²) in [6.45, 7) is 2.13. The number of nitrogens with zero attached hydrogens (tertiary/aromatic N) is 1. The molecule has 1 aliphatic rings. The summed E-state index contributed by atoms with van der Waals surface area (Å²) in [7, 11) is 1.52. The maximum absolute atomic E-state index is 15.0. The van der Waals surface area contributed by atoms with Crippen molar-refractivity contribution in [3.8, 4) is 5.75 Å². The molecule has 2 N–H and O–H groups in total. The second-order valence-corrected chi connectivity index (χ2v) is 8.77. The molecule has 1 saturated heterocycles. The Bertz CT molecular complexity index is 1500. The molecule has 7 heteroatoms. The van der Waals surface area contributed by atoms with Crippen molar-refractivity contribution < 1.29 is 23.8 Å². The van der Waals surface area contributed by atoms with Gasteiger partial charge in [0.1, 0.15) is 17.3 Å². The summed E-state index contributed by atoms with van der Waals surface area (Å²) in [6.07, 6.45) is 0.455. The van der Waals surface area contributed by atoms with Gasteiger partial charge >= 0.3 is 0 Å². The molecule has 0 bridgehead atoms. The van der Waals surface area contributed by atoms with Gasteiger partial charge in [0, 0.05) is 34.3 Å². The maximum Gasteiger partial charge on any atom is 0.295 e. The average molecular weight is 485 g/mol. The fourth-order valence-corrected chi connectivity index (χ4v) is 4.92. The molecule has 1 fully saturated rings. The lowest BCUT2D eigenvalue weighted by molar-refractivity contribution is -0.139. The number of carbonyl (C=O) groups excluding carboxylic acids is 2. The van der Waals surface area contributed by atoms with Crippen molar-refractivity contribution in [1.82, 2.24) is 9.88 Å². The molecule has 0 spiro atoms. The zero-order valence-corrected chi connectivity index (χ0v) is 19.9. The Balaban J connectivity index is 1.58. The van der Waals surface area contributed by atoms with Crippen molar-refractivity contribution in [2.24, 2.45) is 0 Å². The Hall–Kier alpha value is -4.39. The Kier molecular flexibility index (Phi) is 6.06. The van der Waals surface area contributed by atoms with Gasteiger partial charge in [0.2, 0.25) is 0 Å². The number of ether oxygens (including phenoxy) is 1. The number of methoxy groups -OCH3 is 1. The van der Waals surface area contributed by atoms with E-state index in [2.05, 4.69) is 4.98 Å². The van der Waals surface area contributed by atoms with Crippen LogP contribution in [-0.4, -0.2) is 40.3 Å². The minimum absolute atomic E-state index is 0.133. The van der Waals surface area contributed by atoms with E-state index < -0.39 is 23.5 Å². The molecule has 2 heterocycles. The van der Waals surface area contributed by atoms with E-state index in [0.717, 1.165) is 22.2 Å². The monoisotopic (exact) mass is 484 g/mol. The number of Topliss-reactive ketones (excluding diaryl/α,β-unsaturated/α-hetero) is 1. The molecule has 36 heavy (non-hydrogen) atoms. The van der Waals surface area contributed by atoms with Crippen LogP contribution < -0.4 is 4.74 Å². The van der Waals surface area contributed by atoms with Crippen molar-refractivity contribution in [1.29, 1.82) is 0 Å². The first-order valence-corrected chi connectivity index (χ1v) is 11.6. The predicted octanol–water partition coefficient (Wildman–Crippen LogP) is 5.29. The van der Waals surface area contributed by atoms with Crippen molar-refractivity contribution in [2.75, 3.05) is 13.7 Å². The van der Waals surface area contributed by atoms with Gasteiger partial charge in [-0.15, -0.1) is 0 Å². The highest BCUT2D eigenvalue weighted by Crippen LogP contribution is 2.40. The summed E-state index contributed by atoms with van der Waals surface area (Å²) in [5.41, 5.74) is 3.33. The normalized spacial score (nSPS) is 17.2. The second kappa shape index (κ2) is 9.34. The van der Waals surface area contributed by atoms with Crippen LogP contribution in [0, 0.1) is 12.7 Å². The Morgan fingerprint density at radius 1 is 1.03 bits per heavy atom. The summed E-state index contributed by atoms with van der Waals surface area (Å²) >= 11 is 0. The number of para-hydroxylation sites is 1. The Labute approximate surface area is 207 Å². The molecular formula is C29H25FN2O4. The Morgan fingerprint density at radius 2 is 1.72 bits per heavy atom. The molecule has 4 aromatic rings. The van der Waals surface area contributed by atoms with E-state index in [0.29, 0.717) is 17.7 Å². The fourth-order valence-electron chi connectivity index (χ4n) is 4.92. The lowest BCUT2D eigenvalue weighted by Crippen LogP contribution is -2.32. The number of aliphatic hydroxyl groups is 1. The molecule has 1 aromatic heterocycles. The molecular weight excluding hydrogens is 459 g/mol. The van der Waals surface area contributed by atoms with E-state index in [1.54, 1.807) is 36.4 Å². The number of amides is 1. The SMILES string of the molecule is COc1ccc(C(O)=C2C(=O)C(=O)N(CCc3c(C)[nH]c4ccccc34)C2c2ccccc2F)cc1. The standard InChI is InChI=1S/C29H25FN2O4/c1-17-20(21-7-4-6-10-24(21)31-17)15-16-32-26(22-8-3-5-9-23(22)30)25(28(34)29(32)35)27(33)18-11-13-19(36-2)14-12-18/h3-14,26,31,33H,15-16H2,1-2H3. The van der Waals surface area contributed by atoms with Crippen molar-refractivity contribution in [3.05, 3.63) is 107 Å². The number of hydrogen-bond acceptors (Lipinski definition) is 4. The van der Waals surface area contributed by atoms with Gasteiger partial charge in [-0.1, -0.05) is 36.4 Å². The first kappa shape index (κ1) is 23.4. The van der Waals surface area contributed by atoms with Gasteiger partial charge in [-0.3, -0.25) is 9.59 Å². The van der Waals surface area contributed by atoms with Crippen LogP contribution in [0.15, 0.2) is 78.4 Å². The van der Waals surface area contributed by atoms with Gasteiger partial charge in [-0.05, 0) is 55.3 Å². The molecule has 0 saturated carbocycles. The lowest BCUT2D eigenvalue weighted by Gasteiger charge is -2.25. The zero-order chi connectivity index (χ0) is 25.4. The molecule has 1 atom stereocenters. The first-order valence-electron chi connectivity index (χ1n) is 11.6. The third-order valence-corrected chi connectivity index (χ3v) is 6.73. The summed E-state index contributed by atoms with van der Waals surface area (Å²) in [5.74, 6) is -1.94. The van der Waals surface area contributed by atoms with Crippen molar-refractivity contribution in [3.63, 3.8) is 0 Å². The maximum atomic E-state index is 15.0. The van der Waals surface area contributed by atoms with E-state index in [1.165, 1.54) is 24.1 Å². The summed E-state index contributed by atoms with van der Waals surface area (Å²) in [5, 5.41) is 12.2. The number of aromatic nitrogens is 1. The minimum atomic E-state index is -1.06. The largest absolute Gasteiger partial charge is 0.507 e. The number of hydrogen-bond donors (Lipinski definition) is 2. The average Bonchev–Trinajstić information content (AvgIpc) is 3.34. The molecule has 1 unspecified atom stereocenters. The van der Waals surface area contributed by atoms with E-state index >= 15 is 4.39 Å². The minimum Gasteiger partial charge on any atom is -0.507 e. The smallest absolute Gasteiger partial charge is 0.295 e. The summed E-state index contributed by atoms with van der Waals surface area (Å²) in [6, 6.07) is 19.3. The molecule has 6 nitrogen and oxygen atoms in total. The Morgan fingerprint density at radius 3 is 2.44 bits per heavy atom. The highest BCUT2D eigenvalue weighted by molar-refractivity contribution is 6.46. The van der Waals surface area contributed by atoms with Gasteiger partial charge in [0.25, 0.3) is 11.7 Å². The number of nitrogens with one attached hydrogen (secondary N) is 1. The number of fused-ring (bicyclic) bond motifs is 1. The third kappa shape index (κ3) is 3.92.